The van der Waals surface area contributed by atoms with E-state index in [2.05, 4.69) is 0 Å². The Kier molecular flexibility index (Phi) is 4.15. The summed E-state index contributed by atoms with van der Waals surface area (Å²) in [6.07, 6.45) is 0. The van der Waals surface area contributed by atoms with Crippen molar-refractivity contribution in [2.24, 2.45) is 5.73 Å². The van der Waals surface area contributed by atoms with Crippen LogP contribution in [0.4, 0.5) is 0 Å². The molecule has 88 valence electrons. The summed E-state index contributed by atoms with van der Waals surface area (Å²) in [5.41, 5.74) is 6.36. The van der Waals surface area contributed by atoms with Crippen molar-refractivity contribution in [3.8, 4) is 11.5 Å². The molecule has 0 heterocycles. The van der Waals surface area contributed by atoms with Gasteiger partial charge in [-0.1, -0.05) is 11.6 Å². The van der Waals surface area contributed by atoms with Crippen LogP contribution in [0.15, 0.2) is 6.07 Å². The number of ether oxygens (including phenoxy) is 2. The summed E-state index contributed by atoms with van der Waals surface area (Å²) in [5.74, 6) is 0.783. The third-order valence-corrected chi connectivity index (χ3v) is 2.62. The van der Waals surface area contributed by atoms with E-state index < -0.39 is 0 Å². The zero-order chi connectivity index (χ0) is 12.3. The molecule has 0 saturated carbocycles. The van der Waals surface area contributed by atoms with Crippen molar-refractivity contribution in [2.75, 3.05) is 20.8 Å². The second kappa shape index (κ2) is 5.18. The summed E-state index contributed by atoms with van der Waals surface area (Å²) in [4.78, 5) is 11.6. The monoisotopic (exact) mass is 243 g/mol. The Labute approximate surface area is 99.3 Å². The molecule has 0 aromatic heterocycles. The molecule has 0 saturated heterocycles. The van der Waals surface area contributed by atoms with Crippen molar-refractivity contribution in [1.82, 2.24) is 0 Å². The number of ketones is 1. The Morgan fingerprint density at radius 1 is 1.44 bits per heavy atom. The van der Waals surface area contributed by atoms with Gasteiger partial charge in [0.1, 0.15) is 0 Å². The van der Waals surface area contributed by atoms with Gasteiger partial charge < -0.3 is 15.2 Å². The van der Waals surface area contributed by atoms with Crippen molar-refractivity contribution < 1.29 is 14.3 Å². The fraction of sp³-hybridized carbons (Fsp3) is 0.364. The van der Waals surface area contributed by atoms with Crippen molar-refractivity contribution >= 4 is 17.4 Å². The number of methoxy groups -OCH3 is 2. The second-order valence-corrected chi connectivity index (χ2v) is 3.63. The molecule has 1 rings (SSSR count). The molecule has 0 fully saturated rings. The number of halogens is 1. The van der Waals surface area contributed by atoms with Crippen LogP contribution >= 0.6 is 11.6 Å². The van der Waals surface area contributed by atoms with Crippen LogP contribution in [0, 0.1) is 6.92 Å². The van der Waals surface area contributed by atoms with Crippen LogP contribution in [0.2, 0.25) is 5.02 Å². The molecule has 0 spiro atoms. The molecule has 1 aromatic rings. The number of hydrogen-bond donors (Lipinski definition) is 1. The first-order valence-corrected chi connectivity index (χ1v) is 5.08. The Morgan fingerprint density at radius 3 is 2.50 bits per heavy atom. The molecule has 0 atom stereocenters. The molecule has 0 aliphatic carbocycles. The van der Waals surface area contributed by atoms with Crippen LogP contribution in [0.5, 0.6) is 11.5 Å². The Hall–Kier alpha value is -1.26. The van der Waals surface area contributed by atoms with Gasteiger partial charge in [-0.15, -0.1) is 0 Å². The minimum absolute atomic E-state index is 0.0873. The molecule has 0 unspecified atom stereocenters. The Morgan fingerprint density at radius 2 is 2.06 bits per heavy atom. The Bertz CT molecular complexity index is 418. The summed E-state index contributed by atoms with van der Waals surface area (Å²) in [6.45, 7) is 1.66. The minimum atomic E-state index is -0.219. The van der Waals surface area contributed by atoms with Crippen molar-refractivity contribution in [3.05, 3.63) is 22.2 Å². The number of nitrogens with two attached hydrogens (primary N) is 1. The van der Waals surface area contributed by atoms with Crippen LogP contribution in [-0.2, 0) is 0 Å². The highest BCUT2D eigenvalue weighted by molar-refractivity contribution is 6.34. The lowest BCUT2D eigenvalue weighted by Gasteiger charge is -2.14. The molecule has 4 nitrogen and oxygen atoms in total. The molecular weight excluding hydrogens is 230 g/mol. The first-order valence-electron chi connectivity index (χ1n) is 4.71. The van der Waals surface area contributed by atoms with Gasteiger partial charge in [0.25, 0.3) is 0 Å². The molecule has 2 N–H and O–H groups in total. The topological polar surface area (TPSA) is 61.5 Å². The fourth-order valence-corrected chi connectivity index (χ4v) is 1.93. The van der Waals surface area contributed by atoms with Gasteiger partial charge >= 0.3 is 0 Å². The smallest absolute Gasteiger partial charge is 0.178 e. The summed E-state index contributed by atoms with van der Waals surface area (Å²) in [6, 6.07) is 1.55. The van der Waals surface area contributed by atoms with E-state index in [1.165, 1.54) is 14.2 Å². The van der Waals surface area contributed by atoms with Crippen molar-refractivity contribution in [3.63, 3.8) is 0 Å². The van der Waals surface area contributed by atoms with Gasteiger partial charge in [0.05, 0.1) is 25.8 Å². The van der Waals surface area contributed by atoms with Crippen LogP contribution in [-0.4, -0.2) is 26.5 Å². The Balaban J connectivity index is 3.46. The lowest BCUT2D eigenvalue weighted by Crippen LogP contribution is -2.16. The third kappa shape index (κ3) is 2.13. The predicted molar refractivity (Wildman–Crippen MR) is 62.7 cm³/mol. The van der Waals surface area contributed by atoms with E-state index in [0.29, 0.717) is 27.6 Å². The maximum Gasteiger partial charge on any atom is 0.178 e. The predicted octanol–water partition coefficient (Wildman–Crippen LogP) is 1.81. The van der Waals surface area contributed by atoms with Gasteiger partial charge in [-0.2, -0.15) is 0 Å². The number of Topliss-reactive ketones (excluding diaryl/α,β-unsaturated/α-hetero) is 1. The highest BCUT2D eigenvalue weighted by atomic mass is 35.5. The first kappa shape index (κ1) is 12.8. The van der Waals surface area contributed by atoms with E-state index in [1.807, 2.05) is 0 Å². The minimum Gasteiger partial charge on any atom is -0.493 e. The molecule has 0 radical (unpaired) electrons. The number of carbonyl (C=O) groups excluding carboxylic acids is 1. The maximum atomic E-state index is 11.6. The average molecular weight is 244 g/mol. The molecule has 5 heteroatoms. The quantitative estimate of drug-likeness (QED) is 0.820. The van der Waals surface area contributed by atoms with E-state index in [0.717, 1.165) is 0 Å². The van der Waals surface area contributed by atoms with Crippen molar-refractivity contribution in [1.29, 1.82) is 0 Å². The summed E-state index contributed by atoms with van der Waals surface area (Å²) < 4.78 is 10.3. The first-order chi connectivity index (χ1) is 7.56. The van der Waals surface area contributed by atoms with E-state index in [-0.39, 0.29) is 12.3 Å². The molecule has 0 bridgehead atoms. The lowest BCUT2D eigenvalue weighted by atomic mass is 10.0. The van der Waals surface area contributed by atoms with Crippen LogP contribution < -0.4 is 15.2 Å². The summed E-state index contributed by atoms with van der Waals surface area (Å²) in [5, 5.41) is 0.325. The number of rotatable bonds is 4. The highest BCUT2D eigenvalue weighted by Crippen LogP contribution is 2.37. The summed E-state index contributed by atoms with van der Waals surface area (Å²) in [7, 11) is 3.02. The molecular formula is C11H14ClNO3. The van der Waals surface area contributed by atoms with Gasteiger partial charge in [0.15, 0.2) is 17.3 Å². The van der Waals surface area contributed by atoms with E-state index >= 15 is 0 Å². The molecule has 1 aromatic carbocycles. The van der Waals surface area contributed by atoms with Gasteiger partial charge in [-0.3, -0.25) is 4.79 Å². The van der Waals surface area contributed by atoms with E-state index in [4.69, 9.17) is 26.8 Å². The number of benzene rings is 1. The lowest BCUT2D eigenvalue weighted by molar-refractivity contribution is 0.100. The van der Waals surface area contributed by atoms with Crippen LogP contribution in [0.25, 0.3) is 0 Å². The van der Waals surface area contributed by atoms with Crippen LogP contribution in [0.3, 0.4) is 0 Å². The standard InChI is InChI=1S/C11H14ClNO3/c1-6-10(8(14)5-13)7(12)4-9(15-2)11(6)16-3/h4H,5,13H2,1-3H3. The highest BCUT2D eigenvalue weighted by Gasteiger charge is 2.19. The number of carbonyl (C=O) groups is 1. The molecule has 16 heavy (non-hydrogen) atoms. The van der Waals surface area contributed by atoms with Gasteiger partial charge in [-0.25, -0.2) is 0 Å². The zero-order valence-corrected chi connectivity index (χ0v) is 10.2. The van der Waals surface area contributed by atoms with Gasteiger partial charge in [0.2, 0.25) is 0 Å². The normalized spacial score (nSPS) is 10.1. The third-order valence-electron chi connectivity index (χ3n) is 2.32. The number of hydrogen-bond acceptors (Lipinski definition) is 4. The van der Waals surface area contributed by atoms with Gasteiger partial charge in [0, 0.05) is 17.2 Å². The molecule has 0 amide bonds. The summed E-state index contributed by atoms with van der Waals surface area (Å²) >= 11 is 6.00. The molecule has 0 aliphatic heterocycles. The second-order valence-electron chi connectivity index (χ2n) is 3.22. The molecule has 0 aliphatic rings. The zero-order valence-electron chi connectivity index (χ0n) is 9.46. The largest absolute Gasteiger partial charge is 0.493 e. The maximum absolute atomic E-state index is 11.6. The van der Waals surface area contributed by atoms with Crippen LogP contribution in [0.1, 0.15) is 15.9 Å². The van der Waals surface area contributed by atoms with Gasteiger partial charge in [-0.05, 0) is 6.92 Å². The SMILES string of the molecule is COc1cc(Cl)c(C(=O)CN)c(C)c1OC. The fourth-order valence-electron chi connectivity index (χ4n) is 1.58. The van der Waals surface area contributed by atoms with E-state index in [1.54, 1.807) is 13.0 Å². The van der Waals surface area contributed by atoms with E-state index in [9.17, 15) is 4.79 Å². The van der Waals surface area contributed by atoms with Crippen molar-refractivity contribution in [2.45, 2.75) is 6.92 Å². The average Bonchev–Trinajstić information content (AvgIpc) is 2.27.